The van der Waals surface area contributed by atoms with Crippen molar-refractivity contribution in [1.82, 2.24) is 0 Å². The highest BCUT2D eigenvalue weighted by molar-refractivity contribution is 6.31. The number of ketones is 1. The number of anilines is 1. The first-order valence-corrected chi connectivity index (χ1v) is 6.74. The van der Waals surface area contributed by atoms with Crippen LogP contribution in [0.3, 0.4) is 0 Å². The Labute approximate surface area is 139 Å². The molecule has 7 heteroatoms. The van der Waals surface area contributed by atoms with Crippen molar-refractivity contribution < 1.29 is 29.3 Å². The molecule has 0 aromatic heterocycles. The summed E-state index contributed by atoms with van der Waals surface area (Å²) in [7, 11) is 0. The van der Waals surface area contributed by atoms with E-state index in [1.807, 2.05) is 54.6 Å². The number of rotatable bonds is 3. The molecule has 0 bridgehead atoms. The van der Waals surface area contributed by atoms with Gasteiger partial charge in [-0.15, -0.1) is 0 Å². The summed E-state index contributed by atoms with van der Waals surface area (Å²) in [5.41, 5.74) is 6.39. The molecule has 0 unspecified atom stereocenters. The lowest BCUT2D eigenvalue weighted by Crippen LogP contribution is -2.05. The van der Waals surface area contributed by atoms with Crippen molar-refractivity contribution in [2.45, 2.75) is 13.8 Å². The molecule has 0 saturated carbocycles. The van der Waals surface area contributed by atoms with Gasteiger partial charge < -0.3 is 20.7 Å². The molecular formula is C17H19NO6. The molecule has 0 fully saturated rings. The molecule has 0 amide bonds. The fourth-order valence-corrected chi connectivity index (χ4v) is 1.19. The first-order valence-electron chi connectivity index (χ1n) is 6.74. The number of carbonyl (C=O) groups is 3. The van der Waals surface area contributed by atoms with Crippen molar-refractivity contribution in [3.05, 3.63) is 54.6 Å². The number of hydrogen-bond acceptors (Lipinski definition) is 5. The third-order valence-electron chi connectivity index (χ3n) is 2.19. The second-order valence-electron chi connectivity index (χ2n) is 4.33. The van der Waals surface area contributed by atoms with E-state index in [-0.39, 0.29) is 0 Å². The predicted molar refractivity (Wildman–Crippen MR) is 89.0 cm³/mol. The molecule has 0 aliphatic carbocycles. The van der Waals surface area contributed by atoms with Gasteiger partial charge in [0.25, 0.3) is 5.97 Å². The van der Waals surface area contributed by atoms with Crippen LogP contribution in [0.4, 0.5) is 5.69 Å². The fourth-order valence-electron chi connectivity index (χ4n) is 1.19. The number of benzene rings is 2. The smallest absolute Gasteiger partial charge is 0.371 e. The molecule has 7 nitrogen and oxygen atoms in total. The van der Waals surface area contributed by atoms with Crippen molar-refractivity contribution in [2.75, 3.05) is 5.73 Å². The standard InChI is InChI=1S/C12H11NO.C3H4O3.C2H4O2/c13-11-8-4-5-9-12(11)14-10-6-2-1-3-7-10;1-2(4)3(5)6;1-2(3)4/h1-9H,13H2;1H3,(H,5,6);1H3,(H,3,4). The molecule has 2 aromatic carbocycles. The van der Waals surface area contributed by atoms with Crippen LogP contribution in [0.5, 0.6) is 11.5 Å². The van der Waals surface area contributed by atoms with Crippen LogP contribution >= 0.6 is 0 Å². The van der Waals surface area contributed by atoms with E-state index in [1.54, 1.807) is 0 Å². The summed E-state index contributed by atoms with van der Waals surface area (Å²) in [6.45, 7) is 2.09. The molecule has 0 saturated heterocycles. The number of hydrogen-bond donors (Lipinski definition) is 3. The molecule has 0 aliphatic heterocycles. The van der Waals surface area contributed by atoms with Gasteiger partial charge in [-0.1, -0.05) is 30.3 Å². The minimum atomic E-state index is -1.38. The first kappa shape index (κ1) is 20.7. The quantitative estimate of drug-likeness (QED) is 0.582. The van der Waals surface area contributed by atoms with E-state index in [0.717, 1.165) is 19.6 Å². The average Bonchev–Trinajstić information content (AvgIpc) is 2.51. The minimum absolute atomic E-state index is 0.649. The molecule has 2 aromatic rings. The molecule has 128 valence electrons. The van der Waals surface area contributed by atoms with Crippen LogP contribution in [-0.4, -0.2) is 27.9 Å². The molecule has 4 N–H and O–H groups in total. The number of aliphatic carboxylic acids is 2. The van der Waals surface area contributed by atoms with E-state index < -0.39 is 17.7 Å². The Morgan fingerprint density at radius 2 is 1.29 bits per heavy atom. The van der Waals surface area contributed by atoms with Crippen LogP contribution in [0.15, 0.2) is 54.6 Å². The number of carboxylic acid groups (broad SMARTS) is 2. The molecular weight excluding hydrogens is 314 g/mol. The van der Waals surface area contributed by atoms with Gasteiger partial charge in [-0.2, -0.15) is 0 Å². The van der Waals surface area contributed by atoms with Gasteiger partial charge in [0.15, 0.2) is 0 Å². The van der Waals surface area contributed by atoms with Crippen LogP contribution in [-0.2, 0) is 14.4 Å². The van der Waals surface area contributed by atoms with Crippen molar-refractivity contribution in [2.24, 2.45) is 0 Å². The van der Waals surface area contributed by atoms with Gasteiger partial charge in [0.2, 0.25) is 5.78 Å². The van der Waals surface area contributed by atoms with E-state index in [0.29, 0.717) is 11.4 Å². The van der Waals surface area contributed by atoms with Gasteiger partial charge in [0.05, 0.1) is 5.69 Å². The zero-order chi connectivity index (χ0) is 18.5. The third-order valence-corrected chi connectivity index (χ3v) is 2.19. The van der Waals surface area contributed by atoms with Gasteiger partial charge >= 0.3 is 5.97 Å². The molecule has 0 atom stereocenters. The largest absolute Gasteiger partial charge is 0.481 e. The van der Waals surface area contributed by atoms with E-state index in [4.69, 9.17) is 25.5 Å². The first-order chi connectivity index (χ1) is 11.2. The average molecular weight is 333 g/mol. The Kier molecular flexibility index (Phi) is 9.68. The van der Waals surface area contributed by atoms with Crippen LogP contribution < -0.4 is 10.5 Å². The molecule has 0 radical (unpaired) electrons. The summed E-state index contributed by atoms with van der Waals surface area (Å²) in [4.78, 5) is 27.9. The SMILES string of the molecule is CC(=O)C(=O)O.CC(=O)O.Nc1ccccc1Oc1ccccc1. The van der Waals surface area contributed by atoms with E-state index in [1.165, 1.54) is 0 Å². The zero-order valence-corrected chi connectivity index (χ0v) is 13.3. The van der Waals surface area contributed by atoms with Gasteiger partial charge in [-0.05, 0) is 24.3 Å². The van der Waals surface area contributed by atoms with Gasteiger partial charge in [-0.3, -0.25) is 9.59 Å². The molecule has 0 aliphatic rings. The minimum Gasteiger partial charge on any atom is -0.481 e. The van der Waals surface area contributed by atoms with Crippen molar-refractivity contribution in [3.63, 3.8) is 0 Å². The van der Waals surface area contributed by atoms with Gasteiger partial charge in [-0.25, -0.2) is 4.79 Å². The Hall–Kier alpha value is -3.35. The van der Waals surface area contributed by atoms with E-state index >= 15 is 0 Å². The number of nitrogen functional groups attached to an aromatic ring is 1. The third kappa shape index (κ3) is 10.4. The summed E-state index contributed by atoms with van der Waals surface area (Å²) < 4.78 is 5.58. The lowest BCUT2D eigenvalue weighted by Gasteiger charge is -2.07. The monoisotopic (exact) mass is 333 g/mol. The number of ether oxygens (including phenoxy) is 1. The topological polar surface area (TPSA) is 127 Å². The molecule has 24 heavy (non-hydrogen) atoms. The summed E-state index contributed by atoms with van der Waals surface area (Å²) in [6.07, 6.45) is 0. The van der Waals surface area contributed by atoms with Crippen molar-refractivity contribution >= 4 is 23.4 Å². The maximum absolute atomic E-state index is 9.54. The Balaban J connectivity index is 0.000000443. The fraction of sp³-hybridized carbons (Fsp3) is 0.118. The number of Topliss-reactive ketones (excluding diaryl/α,β-unsaturated/α-hetero) is 1. The summed E-state index contributed by atoms with van der Waals surface area (Å²) in [5.74, 6) is -1.55. The van der Waals surface area contributed by atoms with Gasteiger partial charge in [0, 0.05) is 13.8 Å². The highest BCUT2D eigenvalue weighted by Crippen LogP contribution is 2.26. The maximum atomic E-state index is 9.54. The lowest BCUT2D eigenvalue weighted by molar-refractivity contribution is -0.148. The molecule has 0 heterocycles. The number of carbonyl (C=O) groups excluding carboxylic acids is 1. The highest BCUT2D eigenvalue weighted by Gasteiger charge is 1.99. The number of carboxylic acids is 2. The van der Waals surface area contributed by atoms with Gasteiger partial charge in [0.1, 0.15) is 11.5 Å². The molecule has 2 rings (SSSR count). The summed E-state index contributed by atoms with van der Waals surface area (Å²) in [6, 6.07) is 17.0. The van der Waals surface area contributed by atoms with Crippen LogP contribution in [0, 0.1) is 0 Å². The molecule has 0 spiro atoms. The Bertz CT molecular complexity index is 654. The normalized spacial score (nSPS) is 8.58. The summed E-state index contributed by atoms with van der Waals surface area (Å²) >= 11 is 0. The van der Waals surface area contributed by atoms with E-state index in [2.05, 4.69) is 0 Å². The number of nitrogens with two attached hydrogens (primary N) is 1. The Morgan fingerprint density at radius 3 is 1.71 bits per heavy atom. The zero-order valence-electron chi connectivity index (χ0n) is 13.3. The maximum Gasteiger partial charge on any atom is 0.371 e. The predicted octanol–water partition coefficient (Wildman–Crippen LogP) is 2.81. The lowest BCUT2D eigenvalue weighted by atomic mass is 10.3. The number of para-hydroxylation sites is 3. The second kappa shape index (κ2) is 11.2. The highest BCUT2D eigenvalue weighted by atomic mass is 16.5. The second-order valence-corrected chi connectivity index (χ2v) is 4.33. The van der Waals surface area contributed by atoms with Crippen LogP contribution in [0.2, 0.25) is 0 Å². The summed E-state index contributed by atoms with van der Waals surface area (Å²) in [5, 5.41) is 15.1. The Morgan fingerprint density at radius 1 is 0.875 bits per heavy atom. The van der Waals surface area contributed by atoms with Crippen molar-refractivity contribution in [3.8, 4) is 11.5 Å². The van der Waals surface area contributed by atoms with E-state index in [9.17, 15) is 9.59 Å². The van der Waals surface area contributed by atoms with Crippen molar-refractivity contribution in [1.29, 1.82) is 0 Å². The van der Waals surface area contributed by atoms with Crippen LogP contribution in [0.25, 0.3) is 0 Å². The van der Waals surface area contributed by atoms with Crippen LogP contribution in [0.1, 0.15) is 13.8 Å².